The van der Waals surface area contributed by atoms with Gasteiger partial charge in [-0.3, -0.25) is 15.2 Å². The Balaban J connectivity index is 2.20. The molecule has 88 valence electrons. The molecule has 0 aliphatic heterocycles. The highest BCUT2D eigenvalue weighted by molar-refractivity contribution is 6.31. The third kappa shape index (κ3) is 2.54. The Bertz CT molecular complexity index is 566. The summed E-state index contributed by atoms with van der Waals surface area (Å²) in [5.74, 6) is 0.449. The molecule has 0 atom stereocenters. The monoisotopic (exact) mass is 251 g/mol. The van der Waals surface area contributed by atoms with Crippen LogP contribution < -0.4 is 11.1 Å². The van der Waals surface area contributed by atoms with Crippen LogP contribution >= 0.6 is 11.6 Å². The van der Waals surface area contributed by atoms with Crippen LogP contribution in [0, 0.1) is 6.92 Å². The molecule has 2 aromatic rings. The number of nitrogens with two attached hydrogens (primary N) is 1. The maximum absolute atomic E-state index is 11.8. The van der Waals surface area contributed by atoms with Crippen molar-refractivity contribution in [1.29, 1.82) is 0 Å². The summed E-state index contributed by atoms with van der Waals surface area (Å²) >= 11 is 5.74. The number of aromatic amines is 1. The SMILES string of the molecule is Cc1nc(NC(=O)c2ccc(Cl)cc2N)n[nH]1. The Hall–Kier alpha value is -2.08. The number of hydrogen-bond acceptors (Lipinski definition) is 4. The molecule has 1 amide bonds. The molecule has 0 fully saturated rings. The van der Waals surface area contributed by atoms with E-state index in [9.17, 15) is 4.79 Å². The fourth-order valence-electron chi connectivity index (χ4n) is 1.31. The molecular formula is C10H10ClN5O. The summed E-state index contributed by atoms with van der Waals surface area (Å²) in [5.41, 5.74) is 6.33. The maximum Gasteiger partial charge on any atom is 0.260 e. The van der Waals surface area contributed by atoms with Gasteiger partial charge in [0.15, 0.2) is 0 Å². The van der Waals surface area contributed by atoms with Crippen molar-refractivity contribution in [3.8, 4) is 0 Å². The lowest BCUT2D eigenvalue weighted by atomic mass is 10.1. The van der Waals surface area contributed by atoms with Crippen molar-refractivity contribution in [3.63, 3.8) is 0 Å². The molecule has 0 saturated carbocycles. The Morgan fingerprint density at radius 1 is 1.53 bits per heavy atom. The Morgan fingerprint density at radius 3 is 2.88 bits per heavy atom. The number of nitrogen functional groups attached to an aromatic ring is 1. The van der Waals surface area contributed by atoms with Gasteiger partial charge in [0.05, 0.1) is 5.56 Å². The van der Waals surface area contributed by atoms with Crippen molar-refractivity contribution < 1.29 is 4.79 Å². The van der Waals surface area contributed by atoms with E-state index in [0.29, 0.717) is 22.1 Å². The highest BCUT2D eigenvalue weighted by atomic mass is 35.5. The number of H-pyrrole nitrogens is 1. The molecular weight excluding hydrogens is 242 g/mol. The zero-order valence-corrected chi connectivity index (χ0v) is 9.75. The van der Waals surface area contributed by atoms with E-state index in [4.69, 9.17) is 17.3 Å². The fourth-order valence-corrected chi connectivity index (χ4v) is 1.49. The molecule has 0 aliphatic carbocycles. The van der Waals surface area contributed by atoms with Gasteiger partial charge in [-0.25, -0.2) is 0 Å². The summed E-state index contributed by atoms with van der Waals surface area (Å²) in [5, 5.41) is 9.42. The number of nitrogens with one attached hydrogen (secondary N) is 2. The van der Waals surface area contributed by atoms with Crippen molar-refractivity contribution in [2.45, 2.75) is 6.92 Å². The lowest BCUT2D eigenvalue weighted by molar-refractivity contribution is 0.102. The maximum atomic E-state index is 11.8. The van der Waals surface area contributed by atoms with Gasteiger partial charge in [0.1, 0.15) is 5.82 Å². The van der Waals surface area contributed by atoms with Gasteiger partial charge >= 0.3 is 0 Å². The minimum absolute atomic E-state index is 0.210. The highest BCUT2D eigenvalue weighted by Crippen LogP contribution is 2.18. The molecule has 1 aromatic carbocycles. The standard InChI is InChI=1S/C10H10ClN5O/c1-5-13-10(16-15-5)14-9(17)7-3-2-6(11)4-8(7)12/h2-4H,12H2,1H3,(H2,13,14,15,16,17). The van der Waals surface area contributed by atoms with Gasteiger partial charge in [0.2, 0.25) is 5.95 Å². The van der Waals surface area contributed by atoms with Crippen LogP contribution in [0.15, 0.2) is 18.2 Å². The number of carbonyl (C=O) groups excluding carboxylic acids is 1. The first-order valence-corrected chi connectivity index (χ1v) is 5.19. The number of benzene rings is 1. The number of aromatic nitrogens is 3. The lowest BCUT2D eigenvalue weighted by Crippen LogP contribution is -2.14. The second-order valence-corrected chi connectivity index (χ2v) is 3.87. The topological polar surface area (TPSA) is 96.7 Å². The predicted molar refractivity (Wildman–Crippen MR) is 64.9 cm³/mol. The number of anilines is 2. The number of hydrogen-bond donors (Lipinski definition) is 3. The van der Waals surface area contributed by atoms with Gasteiger partial charge in [-0.2, -0.15) is 4.98 Å². The number of halogens is 1. The minimum Gasteiger partial charge on any atom is -0.398 e. The molecule has 1 aromatic heterocycles. The summed E-state index contributed by atoms with van der Waals surface area (Å²) in [4.78, 5) is 15.8. The average Bonchev–Trinajstić information content (AvgIpc) is 2.63. The van der Waals surface area contributed by atoms with E-state index < -0.39 is 0 Å². The van der Waals surface area contributed by atoms with Crippen molar-refractivity contribution >= 4 is 29.1 Å². The molecule has 0 unspecified atom stereocenters. The van der Waals surface area contributed by atoms with Crippen molar-refractivity contribution in [2.75, 3.05) is 11.1 Å². The summed E-state index contributed by atoms with van der Waals surface area (Å²) in [7, 11) is 0. The zero-order chi connectivity index (χ0) is 12.4. The number of nitrogens with zero attached hydrogens (tertiary/aromatic N) is 2. The van der Waals surface area contributed by atoms with Crippen LogP contribution in [-0.4, -0.2) is 21.1 Å². The highest BCUT2D eigenvalue weighted by Gasteiger charge is 2.12. The van der Waals surface area contributed by atoms with Crippen LogP contribution in [0.25, 0.3) is 0 Å². The zero-order valence-electron chi connectivity index (χ0n) is 8.99. The smallest absolute Gasteiger partial charge is 0.260 e. The molecule has 0 bridgehead atoms. The van der Waals surface area contributed by atoms with E-state index in [1.165, 1.54) is 6.07 Å². The van der Waals surface area contributed by atoms with E-state index in [1.807, 2.05) is 0 Å². The number of carbonyl (C=O) groups is 1. The van der Waals surface area contributed by atoms with E-state index in [1.54, 1.807) is 19.1 Å². The fraction of sp³-hybridized carbons (Fsp3) is 0.100. The van der Waals surface area contributed by atoms with Crippen molar-refractivity contribution in [2.24, 2.45) is 0 Å². The second-order valence-electron chi connectivity index (χ2n) is 3.43. The van der Waals surface area contributed by atoms with Gasteiger partial charge in [-0.15, -0.1) is 5.10 Å². The lowest BCUT2D eigenvalue weighted by Gasteiger charge is -2.04. The third-order valence-electron chi connectivity index (χ3n) is 2.08. The molecule has 17 heavy (non-hydrogen) atoms. The average molecular weight is 252 g/mol. The van der Waals surface area contributed by atoms with Gasteiger partial charge in [0.25, 0.3) is 5.91 Å². The third-order valence-corrected chi connectivity index (χ3v) is 2.32. The Labute approximate surface area is 102 Å². The first kappa shape index (κ1) is 11.4. The van der Waals surface area contributed by atoms with E-state index >= 15 is 0 Å². The molecule has 6 nitrogen and oxygen atoms in total. The van der Waals surface area contributed by atoms with Gasteiger partial charge in [-0.1, -0.05) is 11.6 Å². The van der Waals surface area contributed by atoms with E-state index in [-0.39, 0.29) is 11.9 Å². The quantitative estimate of drug-likeness (QED) is 0.706. The van der Waals surface area contributed by atoms with Gasteiger partial charge < -0.3 is 5.73 Å². The first-order chi connectivity index (χ1) is 8.06. The molecule has 0 spiro atoms. The van der Waals surface area contributed by atoms with Crippen LogP contribution in [0.2, 0.25) is 5.02 Å². The molecule has 1 heterocycles. The summed E-state index contributed by atoms with van der Waals surface area (Å²) in [6.45, 7) is 1.74. The Morgan fingerprint density at radius 2 is 2.29 bits per heavy atom. The van der Waals surface area contributed by atoms with Crippen LogP contribution in [0.3, 0.4) is 0 Å². The van der Waals surface area contributed by atoms with Crippen LogP contribution in [0.4, 0.5) is 11.6 Å². The van der Waals surface area contributed by atoms with E-state index in [0.717, 1.165) is 0 Å². The van der Waals surface area contributed by atoms with E-state index in [2.05, 4.69) is 20.5 Å². The normalized spacial score (nSPS) is 10.2. The molecule has 0 saturated heterocycles. The summed E-state index contributed by atoms with van der Waals surface area (Å²) in [6, 6.07) is 4.66. The summed E-state index contributed by atoms with van der Waals surface area (Å²) < 4.78 is 0. The molecule has 0 aliphatic rings. The van der Waals surface area contributed by atoms with Gasteiger partial charge in [-0.05, 0) is 25.1 Å². The molecule has 0 radical (unpaired) electrons. The van der Waals surface area contributed by atoms with Crippen LogP contribution in [-0.2, 0) is 0 Å². The van der Waals surface area contributed by atoms with Crippen LogP contribution in [0.5, 0.6) is 0 Å². The molecule has 7 heteroatoms. The number of amides is 1. The summed E-state index contributed by atoms with van der Waals surface area (Å²) in [6.07, 6.45) is 0. The minimum atomic E-state index is -0.377. The number of aryl methyl sites for hydroxylation is 1. The van der Waals surface area contributed by atoms with Crippen molar-refractivity contribution in [1.82, 2.24) is 15.2 Å². The second kappa shape index (κ2) is 4.42. The van der Waals surface area contributed by atoms with Gasteiger partial charge in [0, 0.05) is 10.7 Å². The largest absolute Gasteiger partial charge is 0.398 e. The number of rotatable bonds is 2. The molecule has 2 rings (SSSR count). The molecule has 4 N–H and O–H groups in total. The predicted octanol–water partition coefficient (Wildman–Crippen LogP) is 1.60. The first-order valence-electron chi connectivity index (χ1n) is 4.81. The van der Waals surface area contributed by atoms with Crippen molar-refractivity contribution in [3.05, 3.63) is 34.6 Å². The van der Waals surface area contributed by atoms with Crippen LogP contribution in [0.1, 0.15) is 16.2 Å². The Kier molecular flexibility index (Phi) is 2.97.